The van der Waals surface area contributed by atoms with Crippen LogP contribution in [-0.2, 0) is 4.79 Å². The van der Waals surface area contributed by atoms with Crippen LogP contribution in [0.3, 0.4) is 0 Å². The third-order valence-corrected chi connectivity index (χ3v) is 2.52. The van der Waals surface area contributed by atoms with Gasteiger partial charge in [-0.1, -0.05) is 26.8 Å². The SMILES string of the molecule is CC(=O)C1=CC(C)(C)C1C. The van der Waals surface area contributed by atoms with Crippen molar-refractivity contribution in [1.82, 2.24) is 0 Å². The van der Waals surface area contributed by atoms with Gasteiger partial charge in [-0.05, 0) is 23.8 Å². The fourth-order valence-corrected chi connectivity index (χ4v) is 1.36. The van der Waals surface area contributed by atoms with Crippen LogP contribution < -0.4 is 0 Å². The minimum atomic E-state index is 0.229. The molecule has 1 rings (SSSR count). The molecule has 0 heterocycles. The van der Waals surface area contributed by atoms with Crippen LogP contribution in [-0.4, -0.2) is 5.78 Å². The Balaban J connectivity index is 2.81. The summed E-state index contributed by atoms with van der Waals surface area (Å²) in [6.45, 7) is 8.06. The maximum absolute atomic E-state index is 10.9. The standard InChI is InChI=1S/C9H14O/c1-6-8(7(2)10)5-9(6,3)4/h5-6H,1-4H3. The molecule has 0 radical (unpaired) electrons. The first-order valence-corrected chi connectivity index (χ1v) is 3.69. The monoisotopic (exact) mass is 138 g/mol. The van der Waals surface area contributed by atoms with Crippen molar-refractivity contribution in [3.8, 4) is 0 Å². The molecule has 1 atom stereocenters. The number of carbonyl (C=O) groups is 1. The lowest BCUT2D eigenvalue weighted by Gasteiger charge is -2.39. The molecule has 10 heavy (non-hydrogen) atoms. The second kappa shape index (κ2) is 1.94. The van der Waals surface area contributed by atoms with E-state index in [-0.39, 0.29) is 11.2 Å². The molecule has 0 fully saturated rings. The number of carbonyl (C=O) groups excluding carboxylic acids is 1. The molecular weight excluding hydrogens is 124 g/mol. The Kier molecular flexibility index (Phi) is 1.46. The van der Waals surface area contributed by atoms with Crippen LogP contribution in [0.4, 0.5) is 0 Å². The molecule has 0 aliphatic heterocycles. The average molecular weight is 138 g/mol. The van der Waals surface area contributed by atoms with Gasteiger partial charge in [0.1, 0.15) is 0 Å². The Bertz CT molecular complexity index is 199. The van der Waals surface area contributed by atoms with Crippen molar-refractivity contribution in [1.29, 1.82) is 0 Å². The Morgan fingerprint density at radius 2 is 2.10 bits per heavy atom. The number of rotatable bonds is 1. The average Bonchev–Trinajstić information content (AvgIpc) is 1.82. The van der Waals surface area contributed by atoms with E-state index in [1.54, 1.807) is 6.92 Å². The first-order valence-electron chi connectivity index (χ1n) is 3.69. The summed E-state index contributed by atoms with van der Waals surface area (Å²) in [5.41, 5.74) is 1.26. The van der Waals surface area contributed by atoms with Gasteiger partial charge in [0.05, 0.1) is 0 Å². The van der Waals surface area contributed by atoms with Gasteiger partial charge in [0.25, 0.3) is 0 Å². The van der Waals surface area contributed by atoms with Gasteiger partial charge in [0, 0.05) is 0 Å². The lowest BCUT2D eigenvalue weighted by molar-refractivity contribution is -0.115. The predicted molar refractivity (Wildman–Crippen MR) is 41.7 cm³/mol. The van der Waals surface area contributed by atoms with Gasteiger partial charge in [-0.2, -0.15) is 0 Å². The Morgan fingerprint density at radius 3 is 2.20 bits per heavy atom. The smallest absolute Gasteiger partial charge is 0.155 e. The Hall–Kier alpha value is -0.590. The van der Waals surface area contributed by atoms with Crippen molar-refractivity contribution in [2.24, 2.45) is 11.3 Å². The highest BCUT2D eigenvalue weighted by Crippen LogP contribution is 2.43. The van der Waals surface area contributed by atoms with E-state index in [4.69, 9.17) is 0 Å². The lowest BCUT2D eigenvalue weighted by Crippen LogP contribution is -2.33. The molecule has 0 aromatic carbocycles. The van der Waals surface area contributed by atoms with Crippen LogP contribution >= 0.6 is 0 Å². The van der Waals surface area contributed by atoms with Gasteiger partial charge < -0.3 is 0 Å². The van der Waals surface area contributed by atoms with Crippen molar-refractivity contribution >= 4 is 5.78 Å². The van der Waals surface area contributed by atoms with Crippen molar-refractivity contribution in [3.63, 3.8) is 0 Å². The summed E-state index contributed by atoms with van der Waals surface area (Å²) >= 11 is 0. The van der Waals surface area contributed by atoms with Gasteiger partial charge in [-0.15, -0.1) is 0 Å². The summed E-state index contributed by atoms with van der Waals surface area (Å²) in [5.74, 6) is 0.678. The second-order valence-electron chi connectivity index (χ2n) is 3.70. The van der Waals surface area contributed by atoms with E-state index < -0.39 is 0 Å². The molecule has 0 aromatic rings. The number of allylic oxidation sites excluding steroid dienone is 2. The normalized spacial score (nSPS) is 28.8. The highest BCUT2D eigenvalue weighted by molar-refractivity contribution is 5.95. The summed E-state index contributed by atoms with van der Waals surface area (Å²) < 4.78 is 0. The van der Waals surface area contributed by atoms with E-state index in [0.717, 1.165) is 5.57 Å². The van der Waals surface area contributed by atoms with Crippen molar-refractivity contribution < 1.29 is 4.79 Å². The zero-order valence-electron chi connectivity index (χ0n) is 7.06. The van der Waals surface area contributed by atoms with Crippen LogP contribution in [0.25, 0.3) is 0 Å². The van der Waals surface area contributed by atoms with E-state index in [9.17, 15) is 4.79 Å². The van der Waals surface area contributed by atoms with Gasteiger partial charge in [-0.3, -0.25) is 4.79 Å². The summed E-state index contributed by atoms with van der Waals surface area (Å²) in [4.78, 5) is 10.9. The Labute approximate surface area is 62.1 Å². The molecular formula is C9H14O. The quantitative estimate of drug-likeness (QED) is 0.542. The van der Waals surface area contributed by atoms with Gasteiger partial charge in [-0.25, -0.2) is 0 Å². The zero-order chi connectivity index (χ0) is 7.94. The van der Waals surface area contributed by atoms with Crippen molar-refractivity contribution in [2.45, 2.75) is 27.7 Å². The summed E-state index contributed by atoms with van der Waals surface area (Å²) in [6, 6.07) is 0. The molecule has 0 spiro atoms. The minimum absolute atomic E-state index is 0.229. The molecule has 0 saturated carbocycles. The highest BCUT2D eigenvalue weighted by Gasteiger charge is 2.37. The predicted octanol–water partition coefficient (Wildman–Crippen LogP) is 2.18. The topological polar surface area (TPSA) is 17.1 Å². The number of Topliss-reactive ketones (excluding diaryl/α,β-unsaturated/α-hetero) is 1. The number of hydrogen-bond acceptors (Lipinski definition) is 1. The minimum Gasteiger partial charge on any atom is -0.295 e. The summed E-state index contributed by atoms with van der Waals surface area (Å²) in [6.07, 6.45) is 2.07. The molecule has 1 aliphatic carbocycles. The molecule has 1 nitrogen and oxygen atoms in total. The molecule has 0 aromatic heterocycles. The highest BCUT2D eigenvalue weighted by atomic mass is 16.1. The molecule has 0 bridgehead atoms. The van der Waals surface area contributed by atoms with Gasteiger partial charge >= 0.3 is 0 Å². The maximum atomic E-state index is 10.9. The van der Waals surface area contributed by atoms with Crippen LogP contribution in [0.1, 0.15) is 27.7 Å². The van der Waals surface area contributed by atoms with Crippen LogP contribution in [0.2, 0.25) is 0 Å². The maximum Gasteiger partial charge on any atom is 0.155 e. The third-order valence-electron chi connectivity index (χ3n) is 2.52. The lowest BCUT2D eigenvalue weighted by atomic mass is 9.64. The fraction of sp³-hybridized carbons (Fsp3) is 0.667. The Morgan fingerprint density at radius 1 is 1.60 bits per heavy atom. The number of hydrogen-bond donors (Lipinski definition) is 0. The van der Waals surface area contributed by atoms with E-state index in [1.165, 1.54) is 0 Å². The zero-order valence-corrected chi connectivity index (χ0v) is 7.06. The second-order valence-corrected chi connectivity index (χ2v) is 3.70. The van der Waals surface area contributed by atoms with E-state index >= 15 is 0 Å². The van der Waals surface area contributed by atoms with E-state index in [2.05, 4.69) is 26.8 Å². The first-order chi connectivity index (χ1) is 4.45. The largest absolute Gasteiger partial charge is 0.295 e. The van der Waals surface area contributed by atoms with Gasteiger partial charge in [0.15, 0.2) is 5.78 Å². The fourth-order valence-electron chi connectivity index (χ4n) is 1.36. The molecule has 0 N–H and O–H groups in total. The molecule has 0 amide bonds. The van der Waals surface area contributed by atoms with Crippen LogP contribution in [0, 0.1) is 11.3 Å². The van der Waals surface area contributed by atoms with Crippen LogP contribution in [0.5, 0.6) is 0 Å². The third kappa shape index (κ3) is 0.898. The molecule has 56 valence electrons. The van der Waals surface area contributed by atoms with E-state index in [0.29, 0.717) is 5.92 Å². The van der Waals surface area contributed by atoms with Crippen molar-refractivity contribution in [2.75, 3.05) is 0 Å². The van der Waals surface area contributed by atoms with Crippen molar-refractivity contribution in [3.05, 3.63) is 11.6 Å². The van der Waals surface area contributed by atoms with E-state index in [1.807, 2.05) is 0 Å². The molecule has 1 unspecified atom stereocenters. The van der Waals surface area contributed by atoms with Crippen LogP contribution in [0.15, 0.2) is 11.6 Å². The van der Waals surface area contributed by atoms with Gasteiger partial charge in [0.2, 0.25) is 0 Å². The first kappa shape index (κ1) is 7.52. The molecule has 1 aliphatic rings. The molecule has 1 heteroatoms. The summed E-state index contributed by atoms with van der Waals surface area (Å²) in [7, 11) is 0. The summed E-state index contributed by atoms with van der Waals surface area (Å²) in [5, 5.41) is 0. The number of ketones is 1. The molecule has 0 saturated heterocycles.